The first-order valence-corrected chi connectivity index (χ1v) is 13.1. The molecule has 2 fully saturated rings. The highest BCUT2D eigenvalue weighted by atomic mass is 32.2. The second kappa shape index (κ2) is 10.1. The maximum absolute atomic E-state index is 13.3. The number of aromatic amines is 1. The molecule has 1 aromatic carbocycles. The number of anilines is 1. The third kappa shape index (κ3) is 5.47. The molecule has 0 saturated carbocycles. The summed E-state index contributed by atoms with van der Waals surface area (Å²) in [7, 11) is -3.81. The molecular formula is C24H32N4O4S. The van der Waals surface area contributed by atoms with E-state index in [1.165, 1.54) is 16.6 Å². The number of aromatic nitrogens is 1. The van der Waals surface area contributed by atoms with Gasteiger partial charge in [0.2, 0.25) is 15.9 Å². The van der Waals surface area contributed by atoms with E-state index in [0.29, 0.717) is 43.9 Å². The van der Waals surface area contributed by atoms with E-state index in [1.54, 1.807) is 4.90 Å². The molecular weight excluding hydrogens is 440 g/mol. The topological polar surface area (TPSA) is 103 Å². The molecule has 2 aliphatic heterocycles. The molecule has 2 saturated heterocycles. The van der Waals surface area contributed by atoms with E-state index in [2.05, 4.69) is 10.3 Å². The molecule has 0 aliphatic carbocycles. The number of nitrogens with one attached hydrogen (secondary N) is 2. The summed E-state index contributed by atoms with van der Waals surface area (Å²) < 4.78 is 27.9. The van der Waals surface area contributed by atoms with E-state index in [1.807, 2.05) is 31.2 Å². The quantitative estimate of drug-likeness (QED) is 0.696. The number of hydrogen-bond donors (Lipinski definition) is 2. The van der Waals surface area contributed by atoms with Crippen LogP contribution in [0.25, 0.3) is 0 Å². The van der Waals surface area contributed by atoms with Crippen molar-refractivity contribution < 1.29 is 18.0 Å². The number of amides is 2. The van der Waals surface area contributed by atoms with Gasteiger partial charge in [-0.3, -0.25) is 9.59 Å². The van der Waals surface area contributed by atoms with E-state index in [9.17, 15) is 18.0 Å². The van der Waals surface area contributed by atoms with E-state index in [4.69, 9.17) is 0 Å². The number of sulfonamides is 1. The SMILES string of the molecule is Cc1cccc(NC(=O)[C@H]2CCCN(S(=O)(=O)c3c[nH]c(C(=O)N4CCCCCC4)c3)C2)c1. The van der Waals surface area contributed by atoms with Crippen LogP contribution < -0.4 is 5.32 Å². The molecule has 0 spiro atoms. The van der Waals surface area contributed by atoms with Crippen molar-refractivity contribution in [3.8, 4) is 0 Å². The summed E-state index contributed by atoms with van der Waals surface area (Å²) in [6, 6.07) is 8.97. The van der Waals surface area contributed by atoms with Gasteiger partial charge in [0.1, 0.15) is 10.6 Å². The molecule has 2 N–H and O–H groups in total. The van der Waals surface area contributed by atoms with Crippen LogP contribution in [0.4, 0.5) is 5.69 Å². The molecule has 1 aromatic heterocycles. The molecule has 8 nitrogen and oxygen atoms in total. The Balaban J connectivity index is 1.43. The summed E-state index contributed by atoms with van der Waals surface area (Å²) in [5.74, 6) is -0.759. The maximum atomic E-state index is 13.3. The Morgan fingerprint density at radius 2 is 1.79 bits per heavy atom. The number of nitrogens with zero attached hydrogens (tertiary/aromatic N) is 2. The van der Waals surface area contributed by atoms with Gasteiger partial charge in [0, 0.05) is 38.1 Å². The Labute approximate surface area is 195 Å². The van der Waals surface area contributed by atoms with Gasteiger partial charge in [-0.1, -0.05) is 25.0 Å². The van der Waals surface area contributed by atoms with Crippen molar-refractivity contribution in [1.82, 2.24) is 14.2 Å². The first-order valence-electron chi connectivity index (χ1n) is 11.7. The Kier molecular flexibility index (Phi) is 7.19. The molecule has 2 aliphatic rings. The molecule has 0 radical (unpaired) electrons. The van der Waals surface area contributed by atoms with Crippen LogP contribution in [0, 0.1) is 12.8 Å². The molecule has 2 aromatic rings. The number of carbonyl (C=O) groups is 2. The van der Waals surface area contributed by atoms with Gasteiger partial charge >= 0.3 is 0 Å². The monoisotopic (exact) mass is 472 g/mol. The standard InChI is InChI=1S/C24H32N4O4S/c1-18-8-6-10-20(14-18)26-23(29)19-9-7-13-28(17-19)33(31,32)21-15-22(25-16-21)24(30)27-11-4-2-3-5-12-27/h6,8,10,14-16,19,25H,2-5,7,9,11-13,17H2,1H3,(H,26,29)/t19-/m0/s1. The fourth-order valence-corrected chi connectivity index (χ4v) is 6.10. The van der Waals surface area contributed by atoms with Gasteiger partial charge in [0.15, 0.2) is 0 Å². The van der Waals surface area contributed by atoms with E-state index < -0.39 is 15.9 Å². The van der Waals surface area contributed by atoms with Crippen LogP contribution in [-0.4, -0.2) is 60.6 Å². The number of rotatable bonds is 5. The minimum atomic E-state index is -3.81. The normalized spacial score (nSPS) is 20.3. The van der Waals surface area contributed by atoms with Crippen LogP contribution in [0.3, 0.4) is 0 Å². The van der Waals surface area contributed by atoms with Crippen LogP contribution in [0.1, 0.15) is 54.6 Å². The number of piperidine rings is 1. The largest absolute Gasteiger partial charge is 0.356 e. The van der Waals surface area contributed by atoms with E-state index >= 15 is 0 Å². The zero-order valence-electron chi connectivity index (χ0n) is 19.0. The molecule has 0 unspecified atom stereocenters. The Morgan fingerprint density at radius 3 is 2.52 bits per heavy atom. The number of benzene rings is 1. The first kappa shape index (κ1) is 23.5. The van der Waals surface area contributed by atoms with Crippen LogP contribution in [0.2, 0.25) is 0 Å². The summed E-state index contributed by atoms with van der Waals surface area (Å²) in [4.78, 5) is 30.4. The van der Waals surface area contributed by atoms with E-state index in [-0.39, 0.29) is 23.3 Å². The molecule has 9 heteroatoms. The zero-order valence-corrected chi connectivity index (χ0v) is 19.9. The lowest BCUT2D eigenvalue weighted by molar-refractivity contribution is -0.120. The molecule has 2 amide bonds. The van der Waals surface area contributed by atoms with Crippen molar-refractivity contribution in [3.05, 3.63) is 47.8 Å². The average molecular weight is 473 g/mol. The summed E-state index contributed by atoms with van der Waals surface area (Å²) in [5, 5.41) is 2.91. The van der Waals surface area contributed by atoms with Gasteiger partial charge in [-0.2, -0.15) is 4.31 Å². The molecule has 4 rings (SSSR count). The highest BCUT2D eigenvalue weighted by molar-refractivity contribution is 7.89. The lowest BCUT2D eigenvalue weighted by Crippen LogP contribution is -2.43. The van der Waals surface area contributed by atoms with Crippen LogP contribution in [0.15, 0.2) is 41.4 Å². The molecule has 1 atom stereocenters. The number of likely N-dealkylation sites (tertiary alicyclic amines) is 1. The maximum Gasteiger partial charge on any atom is 0.270 e. The molecule has 3 heterocycles. The van der Waals surface area contributed by atoms with Crippen molar-refractivity contribution in [2.45, 2.75) is 50.3 Å². The second-order valence-electron chi connectivity index (χ2n) is 9.02. The lowest BCUT2D eigenvalue weighted by atomic mass is 9.98. The van der Waals surface area contributed by atoms with Crippen LogP contribution >= 0.6 is 0 Å². The van der Waals surface area contributed by atoms with Crippen molar-refractivity contribution >= 4 is 27.5 Å². The van der Waals surface area contributed by atoms with Crippen molar-refractivity contribution in [3.63, 3.8) is 0 Å². The number of carbonyl (C=O) groups excluding carboxylic acids is 2. The minimum Gasteiger partial charge on any atom is -0.356 e. The number of H-pyrrole nitrogens is 1. The summed E-state index contributed by atoms with van der Waals surface area (Å²) in [6.45, 7) is 3.83. The zero-order chi connectivity index (χ0) is 23.4. The van der Waals surface area contributed by atoms with Crippen LogP contribution in [0.5, 0.6) is 0 Å². The van der Waals surface area contributed by atoms with E-state index in [0.717, 1.165) is 31.2 Å². The third-order valence-electron chi connectivity index (χ3n) is 6.46. The third-order valence-corrected chi connectivity index (χ3v) is 8.30. The number of aryl methyl sites for hydroxylation is 1. The van der Waals surface area contributed by atoms with Crippen molar-refractivity contribution in [1.29, 1.82) is 0 Å². The van der Waals surface area contributed by atoms with Gasteiger partial charge in [-0.15, -0.1) is 0 Å². The predicted octanol–water partition coefficient (Wildman–Crippen LogP) is 3.38. The minimum absolute atomic E-state index is 0.0698. The smallest absolute Gasteiger partial charge is 0.270 e. The summed E-state index contributed by atoms with van der Waals surface area (Å²) in [6.07, 6.45) is 6.79. The highest BCUT2D eigenvalue weighted by Gasteiger charge is 2.34. The highest BCUT2D eigenvalue weighted by Crippen LogP contribution is 2.26. The summed E-state index contributed by atoms with van der Waals surface area (Å²) >= 11 is 0. The van der Waals surface area contributed by atoms with Gasteiger partial charge in [-0.25, -0.2) is 8.42 Å². The molecule has 178 valence electrons. The Morgan fingerprint density at radius 1 is 1.03 bits per heavy atom. The van der Waals surface area contributed by atoms with Gasteiger partial charge in [-0.05, 0) is 56.4 Å². The van der Waals surface area contributed by atoms with Gasteiger partial charge < -0.3 is 15.2 Å². The fourth-order valence-electron chi connectivity index (χ4n) is 4.58. The molecule has 33 heavy (non-hydrogen) atoms. The first-order chi connectivity index (χ1) is 15.8. The Hall–Kier alpha value is -2.65. The van der Waals surface area contributed by atoms with Crippen molar-refractivity contribution in [2.24, 2.45) is 5.92 Å². The second-order valence-corrected chi connectivity index (χ2v) is 11.0. The average Bonchev–Trinajstić information content (AvgIpc) is 3.16. The van der Waals surface area contributed by atoms with Crippen LogP contribution in [-0.2, 0) is 14.8 Å². The Bertz CT molecular complexity index is 1100. The van der Waals surface area contributed by atoms with Gasteiger partial charge in [0.05, 0.1) is 5.92 Å². The predicted molar refractivity (Wildman–Crippen MR) is 126 cm³/mol. The van der Waals surface area contributed by atoms with Crippen molar-refractivity contribution in [2.75, 3.05) is 31.5 Å². The lowest BCUT2D eigenvalue weighted by Gasteiger charge is -2.31. The summed E-state index contributed by atoms with van der Waals surface area (Å²) in [5.41, 5.74) is 2.04. The number of hydrogen-bond acceptors (Lipinski definition) is 4. The molecule has 0 bridgehead atoms. The fraction of sp³-hybridized carbons (Fsp3) is 0.500. The van der Waals surface area contributed by atoms with Gasteiger partial charge in [0.25, 0.3) is 5.91 Å².